The standard InChI is InChI=1S/C11H15BrN2OS/c1-3-7(2)14-8(6-11(13)15-14)9-4-5-10(12)16-9/h4-7,11H,3,13H2,1-2H3. The first-order valence-electron chi connectivity index (χ1n) is 5.31. The Balaban J connectivity index is 2.27. The second kappa shape index (κ2) is 4.87. The second-order valence-corrected chi connectivity index (χ2v) is 6.27. The van der Waals surface area contributed by atoms with Gasteiger partial charge in [0.05, 0.1) is 20.4 Å². The third-order valence-electron chi connectivity index (χ3n) is 2.61. The predicted molar refractivity (Wildman–Crippen MR) is 70.6 cm³/mol. The molecular weight excluding hydrogens is 288 g/mol. The molecule has 0 aromatic carbocycles. The van der Waals surface area contributed by atoms with Gasteiger partial charge in [0.15, 0.2) is 6.23 Å². The average Bonchev–Trinajstić information content (AvgIpc) is 2.83. The van der Waals surface area contributed by atoms with E-state index < -0.39 is 0 Å². The van der Waals surface area contributed by atoms with E-state index in [0.29, 0.717) is 6.04 Å². The zero-order chi connectivity index (χ0) is 11.7. The summed E-state index contributed by atoms with van der Waals surface area (Å²) in [4.78, 5) is 6.78. The molecule has 0 bridgehead atoms. The second-order valence-electron chi connectivity index (χ2n) is 3.81. The maximum atomic E-state index is 5.80. The predicted octanol–water partition coefficient (Wildman–Crippen LogP) is 3.18. The van der Waals surface area contributed by atoms with E-state index in [1.54, 1.807) is 11.3 Å². The minimum absolute atomic E-state index is 0.329. The molecule has 0 spiro atoms. The summed E-state index contributed by atoms with van der Waals surface area (Å²) in [6.07, 6.45) is 2.66. The highest BCUT2D eigenvalue weighted by atomic mass is 79.9. The Kier molecular flexibility index (Phi) is 3.69. The SMILES string of the molecule is CCC(C)N1OC(N)C=C1c1ccc(Br)s1. The summed E-state index contributed by atoms with van der Waals surface area (Å²) in [6, 6.07) is 4.46. The summed E-state index contributed by atoms with van der Waals surface area (Å²) in [5.74, 6) is 0. The highest BCUT2D eigenvalue weighted by Crippen LogP contribution is 2.35. The number of nitrogens with two attached hydrogens (primary N) is 1. The molecule has 1 aromatic heterocycles. The first-order valence-corrected chi connectivity index (χ1v) is 6.92. The van der Waals surface area contributed by atoms with Crippen molar-refractivity contribution < 1.29 is 4.84 Å². The lowest BCUT2D eigenvalue weighted by Gasteiger charge is -2.26. The molecule has 0 fully saturated rings. The van der Waals surface area contributed by atoms with Crippen molar-refractivity contribution >= 4 is 33.0 Å². The van der Waals surface area contributed by atoms with Gasteiger partial charge in [0.25, 0.3) is 0 Å². The zero-order valence-corrected chi connectivity index (χ0v) is 11.7. The molecule has 2 N–H and O–H groups in total. The summed E-state index contributed by atoms with van der Waals surface area (Å²) < 4.78 is 1.12. The van der Waals surface area contributed by atoms with Gasteiger partial charge in [-0.15, -0.1) is 11.3 Å². The highest BCUT2D eigenvalue weighted by Gasteiger charge is 2.27. The smallest absolute Gasteiger partial charge is 0.155 e. The van der Waals surface area contributed by atoms with Gasteiger partial charge in [-0.1, -0.05) is 6.92 Å². The van der Waals surface area contributed by atoms with Crippen LogP contribution in [0.2, 0.25) is 0 Å². The Morgan fingerprint density at radius 2 is 2.38 bits per heavy atom. The lowest BCUT2D eigenvalue weighted by Crippen LogP contribution is -2.31. The number of hydroxylamine groups is 2. The van der Waals surface area contributed by atoms with Crippen LogP contribution >= 0.6 is 27.3 Å². The summed E-state index contributed by atoms with van der Waals surface area (Å²) in [7, 11) is 0. The summed E-state index contributed by atoms with van der Waals surface area (Å²) >= 11 is 5.16. The molecule has 1 aromatic rings. The topological polar surface area (TPSA) is 38.5 Å². The number of nitrogens with zero attached hydrogens (tertiary/aromatic N) is 1. The van der Waals surface area contributed by atoms with Gasteiger partial charge >= 0.3 is 0 Å². The molecule has 2 atom stereocenters. The van der Waals surface area contributed by atoms with Crippen LogP contribution in [-0.4, -0.2) is 17.3 Å². The number of rotatable bonds is 3. The van der Waals surface area contributed by atoms with Crippen LogP contribution in [-0.2, 0) is 4.84 Å². The Morgan fingerprint density at radius 3 is 2.94 bits per heavy atom. The number of thiophene rings is 1. The fourth-order valence-electron chi connectivity index (χ4n) is 1.60. The molecule has 5 heteroatoms. The van der Waals surface area contributed by atoms with Crippen molar-refractivity contribution in [1.82, 2.24) is 5.06 Å². The third kappa shape index (κ3) is 2.32. The summed E-state index contributed by atoms with van der Waals surface area (Å²) in [5.41, 5.74) is 6.89. The molecule has 0 amide bonds. The molecule has 2 unspecified atom stereocenters. The van der Waals surface area contributed by atoms with E-state index in [9.17, 15) is 0 Å². The van der Waals surface area contributed by atoms with Crippen molar-refractivity contribution in [3.8, 4) is 0 Å². The van der Waals surface area contributed by atoms with E-state index in [2.05, 4.69) is 35.8 Å². The third-order valence-corrected chi connectivity index (χ3v) is 4.26. The Hall–Kier alpha value is -0.360. The first-order chi connectivity index (χ1) is 7.61. The summed E-state index contributed by atoms with van der Waals surface area (Å²) in [5, 5.41) is 1.92. The zero-order valence-electron chi connectivity index (χ0n) is 9.31. The largest absolute Gasteiger partial charge is 0.301 e. The van der Waals surface area contributed by atoms with Crippen LogP contribution in [0.4, 0.5) is 0 Å². The average molecular weight is 303 g/mol. The fourth-order valence-corrected chi connectivity index (χ4v) is 3.00. The minimum Gasteiger partial charge on any atom is -0.301 e. The van der Waals surface area contributed by atoms with E-state index in [0.717, 1.165) is 15.9 Å². The van der Waals surface area contributed by atoms with E-state index >= 15 is 0 Å². The van der Waals surface area contributed by atoms with Gasteiger partial charge in [0.1, 0.15) is 0 Å². The first kappa shape index (κ1) is 12.1. The molecule has 0 saturated heterocycles. The number of hydrogen-bond acceptors (Lipinski definition) is 4. The van der Waals surface area contributed by atoms with Gasteiger partial charge in [-0.05, 0) is 47.5 Å². The Bertz CT molecular complexity index is 404. The molecule has 0 aliphatic carbocycles. The van der Waals surface area contributed by atoms with Gasteiger partial charge in [-0.3, -0.25) is 4.84 Å². The van der Waals surface area contributed by atoms with Crippen molar-refractivity contribution in [1.29, 1.82) is 0 Å². The molecule has 0 radical (unpaired) electrons. The molecule has 1 aliphatic heterocycles. The van der Waals surface area contributed by atoms with Crippen LogP contribution in [0.15, 0.2) is 22.0 Å². The van der Waals surface area contributed by atoms with Crippen molar-refractivity contribution in [2.24, 2.45) is 5.73 Å². The fraction of sp³-hybridized carbons (Fsp3) is 0.455. The van der Waals surface area contributed by atoms with Gasteiger partial charge in [-0.2, -0.15) is 0 Å². The quantitative estimate of drug-likeness (QED) is 0.932. The van der Waals surface area contributed by atoms with Crippen LogP contribution in [0, 0.1) is 0 Å². The van der Waals surface area contributed by atoms with E-state index in [-0.39, 0.29) is 6.23 Å². The maximum Gasteiger partial charge on any atom is 0.155 e. The maximum absolute atomic E-state index is 5.80. The molecule has 2 rings (SSSR count). The molecule has 3 nitrogen and oxygen atoms in total. The van der Waals surface area contributed by atoms with Crippen LogP contribution in [0.25, 0.3) is 5.70 Å². The van der Waals surface area contributed by atoms with Gasteiger partial charge < -0.3 is 5.73 Å². The van der Waals surface area contributed by atoms with Crippen molar-refractivity contribution in [2.75, 3.05) is 0 Å². The van der Waals surface area contributed by atoms with Crippen LogP contribution in [0.5, 0.6) is 0 Å². The van der Waals surface area contributed by atoms with E-state index in [1.165, 1.54) is 4.88 Å². The van der Waals surface area contributed by atoms with Crippen molar-refractivity contribution in [2.45, 2.75) is 32.5 Å². The van der Waals surface area contributed by atoms with E-state index in [4.69, 9.17) is 10.6 Å². The lowest BCUT2D eigenvalue weighted by atomic mass is 10.2. The molecule has 0 saturated carbocycles. The van der Waals surface area contributed by atoms with Crippen molar-refractivity contribution in [3.05, 3.63) is 26.9 Å². The molecule has 16 heavy (non-hydrogen) atoms. The van der Waals surface area contributed by atoms with Gasteiger partial charge in [0, 0.05) is 0 Å². The van der Waals surface area contributed by atoms with Crippen LogP contribution in [0.1, 0.15) is 25.1 Å². The van der Waals surface area contributed by atoms with Gasteiger partial charge in [-0.25, -0.2) is 5.06 Å². The van der Waals surface area contributed by atoms with Crippen LogP contribution in [0.3, 0.4) is 0 Å². The molecule has 88 valence electrons. The van der Waals surface area contributed by atoms with E-state index in [1.807, 2.05) is 17.2 Å². The summed E-state index contributed by atoms with van der Waals surface area (Å²) in [6.45, 7) is 4.27. The van der Waals surface area contributed by atoms with Gasteiger partial charge in [0.2, 0.25) is 0 Å². The van der Waals surface area contributed by atoms with Crippen molar-refractivity contribution in [3.63, 3.8) is 0 Å². The Morgan fingerprint density at radius 1 is 1.62 bits per heavy atom. The van der Waals surface area contributed by atoms with Crippen LogP contribution < -0.4 is 5.73 Å². The minimum atomic E-state index is -0.329. The molecule has 1 aliphatic rings. The monoisotopic (exact) mass is 302 g/mol. The highest BCUT2D eigenvalue weighted by molar-refractivity contribution is 9.11. The molecular formula is C11H15BrN2OS. The molecule has 2 heterocycles. The number of hydrogen-bond donors (Lipinski definition) is 1. The Labute approximate surface area is 108 Å². The number of halogens is 1. The lowest BCUT2D eigenvalue weighted by molar-refractivity contribution is -0.142. The normalized spacial score (nSPS) is 22.4.